The monoisotopic (exact) mass is 405 g/mol. The Labute approximate surface area is 162 Å². The molecular weight excluding hydrogens is 386 g/mol. The summed E-state index contributed by atoms with van der Waals surface area (Å²) in [5.74, 6) is -1.31. The minimum absolute atomic E-state index is 0.128. The second-order valence-electron chi connectivity index (χ2n) is 5.78. The molecule has 0 aliphatic carbocycles. The quantitative estimate of drug-likeness (QED) is 0.575. The van der Waals surface area contributed by atoms with Crippen LogP contribution in [0.25, 0.3) is 11.3 Å². The summed E-state index contributed by atoms with van der Waals surface area (Å²) in [4.78, 5) is 0. The third-order valence-corrected chi connectivity index (χ3v) is 5.02. The van der Waals surface area contributed by atoms with Gasteiger partial charge in [0.15, 0.2) is 5.76 Å². The van der Waals surface area contributed by atoms with E-state index < -0.39 is 33.3 Å². The fourth-order valence-corrected chi connectivity index (χ4v) is 3.76. The fourth-order valence-electron chi connectivity index (χ4n) is 2.68. The summed E-state index contributed by atoms with van der Waals surface area (Å²) in [5, 5.41) is 10.6. The molecule has 9 heteroatoms. The van der Waals surface area contributed by atoms with E-state index in [9.17, 15) is 13.5 Å². The van der Waals surface area contributed by atoms with Gasteiger partial charge in [0.25, 0.3) is 0 Å². The van der Waals surface area contributed by atoms with Crippen LogP contribution in [-0.2, 0) is 15.9 Å². The summed E-state index contributed by atoms with van der Waals surface area (Å²) < 4.78 is 45.8. The molecular formula is C19H19NO7S. The summed E-state index contributed by atoms with van der Waals surface area (Å²) >= 11 is 0. The minimum Gasteiger partial charge on any atom is -0.501 e. The lowest BCUT2D eigenvalue weighted by Gasteiger charge is -2.11. The summed E-state index contributed by atoms with van der Waals surface area (Å²) in [5.41, 5.74) is 6.56. The minimum atomic E-state index is -4.10. The Morgan fingerprint density at radius 1 is 1.00 bits per heavy atom. The zero-order valence-electron chi connectivity index (χ0n) is 15.2. The van der Waals surface area contributed by atoms with Gasteiger partial charge in [0.2, 0.25) is 17.4 Å². The van der Waals surface area contributed by atoms with Crippen LogP contribution in [0.4, 0.5) is 5.88 Å². The molecule has 28 heavy (non-hydrogen) atoms. The number of benzene rings is 2. The Morgan fingerprint density at radius 2 is 1.61 bits per heavy atom. The Morgan fingerprint density at radius 3 is 2.18 bits per heavy atom. The van der Waals surface area contributed by atoms with Gasteiger partial charge in [-0.1, -0.05) is 36.4 Å². The second kappa shape index (κ2) is 7.73. The number of hydrogen-bond acceptors (Lipinski definition) is 8. The van der Waals surface area contributed by atoms with Crippen LogP contribution in [0.3, 0.4) is 0 Å². The average molecular weight is 405 g/mol. The first kappa shape index (κ1) is 19.4. The maximum absolute atomic E-state index is 12.4. The van der Waals surface area contributed by atoms with Gasteiger partial charge in [-0.05, 0) is 17.7 Å². The maximum Gasteiger partial charge on any atom is 0.313 e. The molecule has 2 aromatic carbocycles. The number of nitrogens with two attached hydrogens (primary N) is 1. The Balaban J connectivity index is 2.00. The molecule has 148 valence electrons. The first-order valence-electron chi connectivity index (χ1n) is 8.15. The number of methoxy groups -OCH3 is 2. The van der Waals surface area contributed by atoms with Gasteiger partial charge in [-0.3, -0.25) is 0 Å². The van der Waals surface area contributed by atoms with E-state index in [2.05, 4.69) is 0 Å². The van der Waals surface area contributed by atoms with E-state index >= 15 is 0 Å². The highest BCUT2D eigenvalue weighted by Gasteiger charge is 2.29. The number of nitrogen functional groups attached to an aromatic ring is 1. The van der Waals surface area contributed by atoms with Crippen LogP contribution in [0.5, 0.6) is 23.0 Å². The highest BCUT2D eigenvalue weighted by atomic mass is 32.2. The van der Waals surface area contributed by atoms with E-state index in [-0.39, 0.29) is 11.3 Å². The first-order chi connectivity index (χ1) is 13.4. The standard InChI is InChI=1S/C19H19NO7S/c1-24-13-9-6-10-14(25-2)15(13)17-16(21)18(19(20)26-17)27-28(22,23)11-12-7-4-3-5-8-12/h3-10,21H,11,20H2,1-2H3. The molecule has 0 saturated heterocycles. The number of ether oxygens (including phenoxy) is 2. The smallest absolute Gasteiger partial charge is 0.313 e. The van der Waals surface area contributed by atoms with Crippen LogP contribution in [0.2, 0.25) is 0 Å². The zero-order chi connectivity index (χ0) is 20.3. The lowest BCUT2D eigenvalue weighted by molar-refractivity contribution is 0.392. The molecule has 0 amide bonds. The number of furan rings is 1. The molecule has 0 aliphatic rings. The van der Waals surface area contributed by atoms with Gasteiger partial charge < -0.3 is 28.9 Å². The molecule has 0 bridgehead atoms. The predicted molar refractivity (Wildman–Crippen MR) is 103 cm³/mol. The Bertz CT molecular complexity index is 1050. The molecule has 3 N–H and O–H groups in total. The van der Waals surface area contributed by atoms with Crippen molar-refractivity contribution in [2.45, 2.75) is 5.75 Å². The van der Waals surface area contributed by atoms with Gasteiger partial charge in [-0.2, -0.15) is 8.42 Å². The average Bonchev–Trinajstić information content (AvgIpc) is 2.95. The lowest BCUT2D eigenvalue weighted by Crippen LogP contribution is -2.12. The Kier molecular flexibility index (Phi) is 5.36. The van der Waals surface area contributed by atoms with Gasteiger partial charge in [0, 0.05) is 0 Å². The van der Waals surface area contributed by atoms with Crippen molar-refractivity contribution >= 4 is 16.0 Å². The molecule has 0 unspecified atom stereocenters. The van der Waals surface area contributed by atoms with E-state index in [4.69, 9.17) is 23.8 Å². The van der Waals surface area contributed by atoms with E-state index in [0.717, 1.165) is 0 Å². The summed E-state index contributed by atoms with van der Waals surface area (Å²) in [6, 6.07) is 13.4. The molecule has 0 fully saturated rings. The normalized spacial score (nSPS) is 11.2. The van der Waals surface area contributed by atoms with Crippen LogP contribution in [0, 0.1) is 0 Å². The summed E-state index contributed by atoms with van der Waals surface area (Å²) in [6.07, 6.45) is 0. The van der Waals surface area contributed by atoms with Gasteiger partial charge in [-0.15, -0.1) is 0 Å². The molecule has 0 radical (unpaired) electrons. The van der Waals surface area contributed by atoms with Crippen molar-refractivity contribution in [3.05, 3.63) is 54.1 Å². The number of hydrogen-bond donors (Lipinski definition) is 2. The number of aromatic hydroxyl groups is 1. The molecule has 3 aromatic rings. The summed E-state index contributed by atoms with van der Waals surface area (Å²) in [6.45, 7) is 0. The fraction of sp³-hybridized carbons (Fsp3) is 0.158. The van der Waals surface area contributed by atoms with Crippen molar-refractivity contribution in [1.29, 1.82) is 0 Å². The SMILES string of the molecule is COc1cccc(OC)c1-c1oc(N)c(OS(=O)(=O)Cc2ccccc2)c1O. The van der Waals surface area contributed by atoms with Crippen LogP contribution in [0.1, 0.15) is 5.56 Å². The number of rotatable bonds is 7. The molecule has 1 aromatic heterocycles. The van der Waals surface area contributed by atoms with Crippen LogP contribution >= 0.6 is 0 Å². The highest BCUT2D eigenvalue weighted by Crippen LogP contribution is 2.50. The second-order valence-corrected chi connectivity index (χ2v) is 7.35. The Hall–Kier alpha value is -3.33. The van der Waals surface area contributed by atoms with E-state index in [0.29, 0.717) is 17.1 Å². The topological polar surface area (TPSA) is 121 Å². The van der Waals surface area contributed by atoms with Crippen molar-refractivity contribution in [3.63, 3.8) is 0 Å². The van der Waals surface area contributed by atoms with Crippen molar-refractivity contribution in [2.24, 2.45) is 0 Å². The van der Waals surface area contributed by atoms with E-state index in [1.165, 1.54) is 14.2 Å². The summed E-state index contributed by atoms with van der Waals surface area (Å²) in [7, 11) is -1.23. The molecule has 0 aliphatic heterocycles. The molecule has 0 atom stereocenters. The van der Waals surface area contributed by atoms with Crippen molar-refractivity contribution in [2.75, 3.05) is 20.0 Å². The third kappa shape index (κ3) is 3.84. The van der Waals surface area contributed by atoms with E-state index in [1.54, 1.807) is 48.5 Å². The predicted octanol–water partition coefficient (Wildman–Crippen LogP) is 3.16. The zero-order valence-corrected chi connectivity index (χ0v) is 16.0. The largest absolute Gasteiger partial charge is 0.501 e. The number of anilines is 1. The third-order valence-electron chi connectivity index (χ3n) is 3.92. The van der Waals surface area contributed by atoms with Gasteiger partial charge in [-0.25, -0.2) is 0 Å². The van der Waals surface area contributed by atoms with Crippen LogP contribution < -0.4 is 19.4 Å². The van der Waals surface area contributed by atoms with Crippen molar-refractivity contribution in [1.82, 2.24) is 0 Å². The van der Waals surface area contributed by atoms with Gasteiger partial charge in [0.1, 0.15) is 22.8 Å². The van der Waals surface area contributed by atoms with Gasteiger partial charge >= 0.3 is 10.1 Å². The first-order valence-corrected chi connectivity index (χ1v) is 9.72. The molecule has 8 nitrogen and oxygen atoms in total. The van der Waals surface area contributed by atoms with E-state index in [1.807, 2.05) is 0 Å². The van der Waals surface area contributed by atoms with Crippen LogP contribution in [0.15, 0.2) is 52.9 Å². The van der Waals surface area contributed by atoms with Crippen molar-refractivity contribution < 1.29 is 31.6 Å². The van der Waals surface area contributed by atoms with Gasteiger partial charge in [0.05, 0.1) is 14.2 Å². The molecule has 0 saturated carbocycles. The molecule has 3 rings (SSSR count). The van der Waals surface area contributed by atoms with Crippen molar-refractivity contribution in [3.8, 4) is 34.3 Å². The lowest BCUT2D eigenvalue weighted by atomic mass is 10.1. The molecule has 1 heterocycles. The highest BCUT2D eigenvalue weighted by molar-refractivity contribution is 7.86. The maximum atomic E-state index is 12.4. The molecule has 0 spiro atoms. The van der Waals surface area contributed by atoms with Crippen LogP contribution in [-0.4, -0.2) is 27.7 Å².